The molecule has 1 saturated carbocycles. The lowest BCUT2D eigenvalue weighted by atomic mass is 10.2. The standard InChI is InChI=1S/C16H18N2O4S2/c17-23(19,20)15-8-10-16(11-9-15)24(21,22)18(14-6-7-14)12-13-4-2-1-3-5-13/h1-5,8-11,14H,6-7,12H2,(H2,17,19,20). The Morgan fingerprint density at radius 2 is 1.42 bits per heavy atom. The highest BCUT2D eigenvalue weighted by Crippen LogP contribution is 2.33. The Kier molecular flexibility index (Phi) is 4.48. The minimum absolute atomic E-state index is 0.00637. The van der Waals surface area contributed by atoms with Gasteiger partial charge in [-0.25, -0.2) is 22.0 Å². The van der Waals surface area contributed by atoms with Crippen molar-refractivity contribution >= 4 is 20.0 Å². The lowest BCUT2D eigenvalue weighted by Crippen LogP contribution is -2.32. The van der Waals surface area contributed by atoms with Crippen LogP contribution in [-0.4, -0.2) is 27.2 Å². The van der Waals surface area contributed by atoms with E-state index < -0.39 is 20.0 Å². The third-order valence-corrected chi connectivity index (χ3v) is 6.74. The zero-order valence-electron chi connectivity index (χ0n) is 12.9. The summed E-state index contributed by atoms with van der Waals surface area (Å²) in [5.74, 6) is 0. The van der Waals surface area contributed by atoms with Crippen molar-refractivity contribution in [2.75, 3.05) is 0 Å². The maximum atomic E-state index is 12.9. The van der Waals surface area contributed by atoms with Crippen LogP contribution >= 0.6 is 0 Å². The van der Waals surface area contributed by atoms with E-state index in [2.05, 4.69) is 0 Å². The fourth-order valence-corrected chi connectivity index (χ4v) is 4.66. The fourth-order valence-electron chi connectivity index (χ4n) is 2.47. The Labute approximate surface area is 142 Å². The van der Waals surface area contributed by atoms with Crippen LogP contribution in [0.3, 0.4) is 0 Å². The zero-order valence-corrected chi connectivity index (χ0v) is 14.5. The second-order valence-electron chi connectivity index (χ2n) is 5.78. The highest BCUT2D eigenvalue weighted by atomic mass is 32.2. The maximum Gasteiger partial charge on any atom is 0.243 e. The number of sulfonamides is 2. The Morgan fingerprint density at radius 3 is 1.92 bits per heavy atom. The maximum absolute atomic E-state index is 12.9. The summed E-state index contributed by atoms with van der Waals surface area (Å²) in [5.41, 5.74) is 0.911. The van der Waals surface area contributed by atoms with Crippen LogP contribution in [-0.2, 0) is 26.6 Å². The van der Waals surface area contributed by atoms with Gasteiger partial charge in [-0.15, -0.1) is 0 Å². The molecule has 2 aromatic carbocycles. The lowest BCUT2D eigenvalue weighted by Gasteiger charge is -2.22. The second-order valence-corrected chi connectivity index (χ2v) is 9.24. The Balaban J connectivity index is 1.92. The first-order chi connectivity index (χ1) is 11.3. The van der Waals surface area contributed by atoms with Crippen molar-refractivity contribution < 1.29 is 16.8 Å². The van der Waals surface area contributed by atoms with E-state index in [1.54, 1.807) is 0 Å². The SMILES string of the molecule is NS(=O)(=O)c1ccc(S(=O)(=O)N(Cc2ccccc2)C2CC2)cc1. The Morgan fingerprint density at radius 1 is 0.875 bits per heavy atom. The molecule has 0 spiro atoms. The van der Waals surface area contributed by atoms with Crippen LogP contribution in [0.5, 0.6) is 0 Å². The summed E-state index contributed by atoms with van der Waals surface area (Å²) in [4.78, 5) is -0.0415. The van der Waals surface area contributed by atoms with Gasteiger partial charge in [0.2, 0.25) is 20.0 Å². The van der Waals surface area contributed by atoms with Gasteiger partial charge in [-0.3, -0.25) is 0 Å². The van der Waals surface area contributed by atoms with E-state index in [0.717, 1.165) is 18.4 Å². The molecular formula is C16H18N2O4S2. The molecule has 1 aliphatic rings. The molecule has 1 aliphatic carbocycles. The Hall–Kier alpha value is -1.74. The van der Waals surface area contributed by atoms with Crippen LogP contribution in [0, 0.1) is 0 Å². The van der Waals surface area contributed by atoms with E-state index in [1.807, 2.05) is 30.3 Å². The predicted octanol–water partition coefficient (Wildman–Crippen LogP) is 1.69. The molecule has 0 heterocycles. The fraction of sp³-hybridized carbons (Fsp3) is 0.250. The van der Waals surface area contributed by atoms with Gasteiger partial charge in [-0.05, 0) is 42.7 Å². The van der Waals surface area contributed by atoms with E-state index in [9.17, 15) is 16.8 Å². The average Bonchev–Trinajstić information content (AvgIpc) is 3.37. The molecule has 128 valence electrons. The largest absolute Gasteiger partial charge is 0.243 e. The molecule has 6 nitrogen and oxygen atoms in total. The number of rotatable bonds is 6. The molecule has 0 atom stereocenters. The molecule has 2 N–H and O–H groups in total. The average molecular weight is 366 g/mol. The monoisotopic (exact) mass is 366 g/mol. The van der Waals surface area contributed by atoms with Gasteiger partial charge >= 0.3 is 0 Å². The summed E-state index contributed by atoms with van der Waals surface area (Å²) >= 11 is 0. The quantitative estimate of drug-likeness (QED) is 0.841. The summed E-state index contributed by atoms with van der Waals surface area (Å²) in [7, 11) is -7.55. The van der Waals surface area contributed by atoms with Gasteiger partial charge in [-0.1, -0.05) is 30.3 Å². The van der Waals surface area contributed by atoms with E-state index in [-0.39, 0.29) is 15.8 Å². The molecule has 0 unspecified atom stereocenters. The summed E-state index contributed by atoms with van der Waals surface area (Å²) in [6.07, 6.45) is 1.67. The summed E-state index contributed by atoms with van der Waals surface area (Å²) in [6.45, 7) is 0.296. The Bertz CT molecular complexity index is 920. The first kappa shape index (κ1) is 17.1. The van der Waals surface area contributed by atoms with Crippen molar-refractivity contribution in [3.63, 3.8) is 0 Å². The van der Waals surface area contributed by atoms with Crippen LogP contribution in [0.4, 0.5) is 0 Å². The van der Waals surface area contributed by atoms with Gasteiger partial charge in [0.25, 0.3) is 0 Å². The summed E-state index contributed by atoms with van der Waals surface area (Å²) < 4.78 is 49.9. The van der Waals surface area contributed by atoms with Crippen LogP contribution in [0.1, 0.15) is 18.4 Å². The van der Waals surface area contributed by atoms with Gasteiger partial charge in [0.05, 0.1) is 9.79 Å². The number of nitrogens with two attached hydrogens (primary N) is 1. The first-order valence-corrected chi connectivity index (χ1v) is 10.5. The van der Waals surface area contributed by atoms with Crippen molar-refractivity contribution in [3.05, 3.63) is 60.2 Å². The van der Waals surface area contributed by atoms with E-state index >= 15 is 0 Å². The number of nitrogens with zero attached hydrogens (tertiary/aromatic N) is 1. The first-order valence-electron chi connectivity index (χ1n) is 7.47. The van der Waals surface area contributed by atoms with Crippen molar-refractivity contribution in [2.45, 2.75) is 35.2 Å². The molecule has 24 heavy (non-hydrogen) atoms. The third kappa shape index (κ3) is 3.67. The normalized spacial score (nSPS) is 15.6. The molecule has 8 heteroatoms. The smallest absolute Gasteiger partial charge is 0.225 e. The van der Waals surface area contributed by atoms with E-state index in [4.69, 9.17) is 5.14 Å². The van der Waals surface area contributed by atoms with E-state index in [0.29, 0.717) is 6.54 Å². The van der Waals surface area contributed by atoms with Gasteiger partial charge in [-0.2, -0.15) is 4.31 Å². The highest BCUT2D eigenvalue weighted by Gasteiger charge is 2.38. The van der Waals surface area contributed by atoms with Crippen LogP contribution < -0.4 is 5.14 Å². The highest BCUT2D eigenvalue weighted by molar-refractivity contribution is 7.89. The van der Waals surface area contributed by atoms with E-state index in [1.165, 1.54) is 28.6 Å². The summed E-state index contributed by atoms with van der Waals surface area (Å²) in [6, 6.07) is 14.4. The molecule has 2 aromatic rings. The molecule has 0 aliphatic heterocycles. The van der Waals surface area contributed by atoms with Crippen LogP contribution in [0.15, 0.2) is 64.4 Å². The van der Waals surface area contributed by atoms with Gasteiger partial charge < -0.3 is 0 Å². The molecular weight excluding hydrogens is 348 g/mol. The van der Waals surface area contributed by atoms with Crippen molar-refractivity contribution in [1.82, 2.24) is 4.31 Å². The van der Waals surface area contributed by atoms with Crippen molar-refractivity contribution in [1.29, 1.82) is 0 Å². The minimum atomic E-state index is -3.85. The molecule has 0 aromatic heterocycles. The second kappa shape index (κ2) is 6.29. The molecule has 3 rings (SSSR count). The molecule has 0 amide bonds. The summed E-state index contributed by atoms with van der Waals surface area (Å²) in [5, 5.41) is 5.05. The number of benzene rings is 2. The van der Waals surface area contributed by atoms with Crippen molar-refractivity contribution in [3.8, 4) is 0 Å². The lowest BCUT2D eigenvalue weighted by molar-refractivity contribution is 0.398. The van der Waals surface area contributed by atoms with Gasteiger partial charge in [0, 0.05) is 12.6 Å². The zero-order chi connectivity index (χ0) is 17.4. The number of primary sulfonamides is 1. The number of hydrogen-bond donors (Lipinski definition) is 1. The van der Waals surface area contributed by atoms with Crippen molar-refractivity contribution in [2.24, 2.45) is 5.14 Å². The molecule has 0 saturated heterocycles. The third-order valence-electron chi connectivity index (χ3n) is 3.89. The number of hydrogen-bond acceptors (Lipinski definition) is 4. The topological polar surface area (TPSA) is 97.5 Å². The van der Waals surface area contributed by atoms with Crippen LogP contribution in [0.25, 0.3) is 0 Å². The molecule has 0 radical (unpaired) electrons. The molecule has 1 fully saturated rings. The molecule has 0 bridgehead atoms. The predicted molar refractivity (Wildman–Crippen MR) is 90.0 cm³/mol. The van der Waals surface area contributed by atoms with Gasteiger partial charge in [0.15, 0.2) is 0 Å². The van der Waals surface area contributed by atoms with Gasteiger partial charge in [0.1, 0.15) is 0 Å². The van der Waals surface area contributed by atoms with Crippen LogP contribution in [0.2, 0.25) is 0 Å². The minimum Gasteiger partial charge on any atom is -0.225 e.